The lowest BCUT2D eigenvalue weighted by Gasteiger charge is -2.02. The quantitative estimate of drug-likeness (QED) is 0.852. The van der Waals surface area contributed by atoms with Crippen LogP contribution in [0.15, 0.2) is 39.9 Å². The molecule has 0 aliphatic carbocycles. The van der Waals surface area contributed by atoms with Crippen molar-refractivity contribution in [1.29, 1.82) is 0 Å². The van der Waals surface area contributed by atoms with Gasteiger partial charge in [0.1, 0.15) is 0 Å². The van der Waals surface area contributed by atoms with Gasteiger partial charge in [-0.15, -0.1) is 0 Å². The largest absolute Gasteiger partial charge is 0.330 e. The first-order valence-corrected chi connectivity index (χ1v) is 5.07. The van der Waals surface area contributed by atoms with Crippen molar-refractivity contribution in [2.45, 2.75) is 0 Å². The van der Waals surface area contributed by atoms with E-state index in [9.17, 15) is 4.79 Å². The number of imidazole rings is 1. The van der Waals surface area contributed by atoms with Crippen LogP contribution in [-0.4, -0.2) is 9.55 Å². The molecule has 5 heteroatoms. The number of aromatic amines is 1. The highest BCUT2D eigenvalue weighted by molar-refractivity contribution is 9.10. The lowest BCUT2D eigenvalue weighted by atomic mass is 10.3. The summed E-state index contributed by atoms with van der Waals surface area (Å²) in [6, 6.07) is 5.34. The third-order valence-electron chi connectivity index (χ3n) is 1.83. The Balaban J connectivity index is 2.59. The Bertz CT molecular complexity index is 518. The van der Waals surface area contributed by atoms with E-state index in [1.807, 2.05) is 6.07 Å². The first-order chi connectivity index (χ1) is 6.68. The molecular weight excluding hydrogens is 267 g/mol. The molecule has 1 heterocycles. The van der Waals surface area contributed by atoms with Crippen LogP contribution in [0.5, 0.6) is 0 Å². The molecule has 0 atom stereocenters. The molecule has 0 saturated carbocycles. The number of rotatable bonds is 1. The summed E-state index contributed by atoms with van der Waals surface area (Å²) < 4.78 is 2.30. The molecule has 3 nitrogen and oxygen atoms in total. The van der Waals surface area contributed by atoms with Gasteiger partial charge < -0.3 is 4.98 Å². The van der Waals surface area contributed by atoms with Gasteiger partial charge >= 0.3 is 5.69 Å². The number of hydrogen-bond acceptors (Lipinski definition) is 1. The second kappa shape index (κ2) is 3.63. The van der Waals surface area contributed by atoms with Crippen LogP contribution in [0.25, 0.3) is 5.69 Å². The summed E-state index contributed by atoms with van der Waals surface area (Å²) in [4.78, 5) is 13.8. The Morgan fingerprint density at radius 3 is 2.79 bits per heavy atom. The summed E-state index contributed by atoms with van der Waals surface area (Å²) in [5, 5.41) is 0.579. The maximum atomic E-state index is 11.3. The zero-order valence-corrected chi connectivity index (χ0v) is 9.34. The van der Waals surface area contributed by atoms with Gasteiger partial charge in [0.25, 0.3) is 0 Å². The molecule has 0 amide bonds. The predicted molar refractivity (Wildman–Crippen MR) is 59.1 cm³/mol. The first kappa shape index (κ1) is 9.55. The summed E-state index contributed by atoms with van der Waals surface area (Å²) in [7, 11) is 0. The molecule has 2 aromatic rings. The normalized spacial score (nSPS) is 10.4. The number of benzene rings is 1. The van der Waals surface area contributed by atoms with Crippen molar-refractivity contribution in [3.8, 4) is 5.69 Å². The minimum Gasteiger partial charge on any atom is -0.312 e. The van der Waals surface area contributed by atoms with Crippen LogP contribution in [0.2, 0.25) is 5.02 Å². The molecule has 0 aliphatic heterocycles. The van der Waals surface area contributed by atoms with Crippen LogP contribution in [-0.2, 0) is 0 Å². The summed E-state index contributed by atoms with van der Waals surface area (Å²) in [6.45, 7) is 0. The third kappa shape index (κ3) is 1.63. The van der Waals surface area contributed by atoms with Gasteiger partial charge in [-0.3, -0.25) is 4.57 Å². The lowest BCUT2D eigenvalue weighted by molar-refractivity contribution is 0.987. The average Bonchev–Trinajstić information content (AvgIpc) is 2.57. The molecule has 1 aromatic carbocycles. The highest BCUT2D eigenvalue weighted by Crippen LogP contribution is 2.24. The van der Waals surface area contributed by atoms with Gasteiger partial charge in [-0.1, -0.05) is 11.6 Å². The van der Waals surface area contributed by atoms with E-state index in [0.29, 0.717) is 5.02 Å². The molecule has 2 rings (SSSR count). The number of nitrogens with zero attached hydrogens (tertiary/aromatic N) is 1. The zero-order chi connectivity index (χ0) is 10.1. The number of H-pyrrole nitrogens is 1. The highest BCUT2D eigenvalue weighted by Gasteiger charge is 2.02. The second-order valence-corrected chi connectivity index (χ2v) is 4.00. The number of hydrogen-bond donors (Lipinski definition) is 1. The van der Waals surface area contributed by atoms with Crippen molar-refractivity contribution in [3.05, 3.63) is 50.6 Å². The average molecular weight is 274 g/mol. The Morgan fingerprint density at radius 2 is 2.21 bits per heavy atom. The zero-order valence-electron chi connectivity index (χ0n) is 7.00. The summed E-state index contributed by atoms with van der Waals surface area (Å²) in [5.41, 5.74) is 0.563. The summed E-state index contributed by atoms with van der Waals surface area (Å²) in [6.07, 6.45) is 3.24. The van der Waals surface area contributed by atoms with Crippen LogP contribution in [0, 0.1) is 0 Å². The molecule has 72 valence electrons. The maximum absolute atomic E-state index is 11.3. The van der Waals surface area contributed by atoms with E-state index in [1.165, 1.54) is 4.57 Å². The Labute approximate surface area is 93.5 Å². The van der Waals surface area contributed by atoms with E-state index < -0.39 is 0 Å². The van der Waals surface area contributed by atoms with E-state index >= 15 is 0 Å². The van der Waals surface area contributed by atoms with Crippen molar-refractivity contribution in [1.82, 2.24) is 9.55 Å². The minimum atomic E-state index is -0.177. The van der Waals surface area contributed by atoms with Crippen LogP contribution >= 0.6 is 27.5 Å². The molecule has 14 heavy (non-hydrogen) atoms. The Morgan fingerprint density at radius 1 is 1.43 bits per heavy atom. The maximum Gasteiger partial charge on any atom is 0.330 e. The van der Waals surface area contributed by atoms with Gasteiger partial charge in [0.05, 0.1) is 10.7 Å². The molecule has 0 spiro atoms. The lowest BCUT2D eigenvalue weighted by Crippen LogP contribution is -2.13. The van der Waals surface area contributed by atoms with Gasteiger partial charge in [0, 0.05) is 16.9 Å². The molecule has 0 saturated heterocycles. The highest BCUT2D eigenvalue weighted by atomic mass is 79.9. The van der Waals surface area contributed by atoms with Crippen molar-refractivity contribution in [3.63, 3.8) is 0 Å². The van der Waals surface area contributed by atoms with Crippen LogP contribution in [0.4, 0.5) is 0 Å². The fourth-order valence-corrected chi connectivity index (χ4v) is 1.58. The summed E-state index contributed by atoms with van der Waals surface area (Å²) >= 11 is 9.19. The molecule has 0 radical (unpaired) electrons. The van der Waals surface area contributed by atoms with Crippen molar-refractivity contribution >= 4 is 27.5 Å². The number of halogens is 2. The topological polar surface area (TPSA) is 37.8 Å². The number of nitrogens with one attached hydrogen (secondary N) is 1. The Kier molecular flexibility index (Phi) is 2.48. The SMILES string of the molecule is O=c1[nH]ccn1-c1ccc(Br)c(Cl)c1. The molecule has 1 N–H and O–H groups in total. The van der Waals surface area contributed by atoms with E-state index in [0.717, 1.165) is 10.2 Å². The third-order valence-corrected chi connectivity index (χ3v) is 3.06. The first-order valence-electron chi connectivity index (χ1n) is 3.90. The predicted octanol–water partition coefficient (Wildman–Crippen LogP) is 2.58. The van der Waals surface area contributed by atoms with E-state index in [4.69, 9.17) is 11.6 Å². The van der Waals surface area contributed by atoms with Crippen LogP contribution in [0.3, 0.4) is 0 Å². The van der Waals surface area contributed by atoms with Gasteiger partial charge in [0.2, 0.25) is 0 Å². The van der Waals surface area contributed by atoms with Crippen molar-refractivity contribution in [2.24, 2.45) is 0 Å². The standard InChI is InChI=1S/C9H6BrClN2O/c10-7-2-1-6(5-8(7)11)13-4-3-12-9(13)14/h1-5H,(H,12,14). The minimum absolute atomic E-state index is 0.177. The van der Waals surface area contributed by atoms with Gasteiger partial charge in [-0.2, -0.15) is 0 Å². The molecule has 0 bridgehead atoms. The van der Waals surface area contributed by atoms with Crippen LogP contribution < -0.4 is 5.69 Å². The van der Waals surface area contributed by atoms with Crippen molar-refractivity contribution < 1.29 is 0 Å². The molecule has 0 unspecified atom stereocenters. The van der Waals surface area contributed by atoms with E-state index in [1.54, 1.807) is 24.5 Å². The second-order valence-electron chi connectivity index (χ2n) is 2.73. The molecule has 0 aliphatic rings. The molecule has 0 fully saturated rings. The molecule has 1 aromatic heterocycles. The summed E-state index contributed by atoms with van der Waals surface area (Å²) in [5.74, 6) is 0. The Hall–Kier alpha value is -1.000. The van der Waals surface area contributed by atoms with E-state index in [2.05, 4.69) is 20.9 Å². The fraction of sp³-hybridized carbons (Fsp3) is 0. The van der Waals surface area contributed by atoms with Gasteiger partial charge in [0.15, 0.2) is 0 Å². The van der Waals surface area contributed by atoms with Crippen LogP contribution in [0.1, 0.15) is 0 Å². The fourth-order valence-electron chi connectivity index (χ4n) is 1.16. The van der Waals surface area contributed by atoms with Gasteiger partial charge in [-0.25, -0.2) is 4.79 Å². The van der Waals surface area contributed by atoms with Crippen molar-refractivity contribution in [2.75, 3.05) is 0 Å². The smallest absolute Gasteiger partial charge is 0.312 e. The number of aromatic nitrogens is 2. The van der Waals surface area contributed by atoms with Gasteiger partial charge in [-0.05, 0) is 34.1 Å². The monoisotopic (exact) mass is 272 g/mol. The molecular formula is C9H6BrClN2O. The van der Waals surface area contributed by atoms with E-state index in [-0.39, 0.29) is 5.69 Å².